The van der Waals surface area contributed by atoms with Crippen molar-refractivity contribution in [2.75, 3.05) is 0 Å². The molecular weight excluding hydrogens is 228 g/mol. The van der Waals surface area contributed by atoms with E-state index in [4.69, 9.17) is 4.12 Å². The molecule has 0 aromatic heterocycles. The van der Waals surface area contributed by atoms with Gasteiger partial charge in [0.05, 0.1) is 0 Å². The van der Waals surface area contributed by atoms with Gasteiger partial charge in [-0.25, -0.2) is 0 Å². The van der Waals surface area contributed by atoms with Crippen LogP contribution in [-0.4, -0.2) is 16.6 Å². The Morgan fingerprint density at radius 3 is 1.06 bits per heavy atom. The minimum atomic E-state index is -1.23. The lowest BCUT2D eigenvalue weighted by molar-refractivity contribution is 0.559. The molecule has 100 valence electrons. The van der Waals surface area contributed by atoms with E-state index in [1.54, 1.807) is 0 Å². The van der Waals surface area contributed by atoms with Crippen LogP contribution in [0.15, 0.2) is 0 Å². The van der Waals surface area contributed by atoms with Crippen molar-refractivity contribution in [3.05, 3.63) is 0 Å². The molecule has 0 amide bonds. The van der Waals surface area contributed by atoms with E-state index < -0.39 is 16.6 Å². The SMILES string of the molecule is CCCCCCC.C[Si](C)(C)O[Si](C)(C)C. The predicted molar refractivity (Wildman–Crippen MR) is 82.2 cm³/mol. The molecule has 0 atom stereocenters. The molecule has 0 radical (unpaired) electrons. The summed E-state index contributed by atoms with van der Waals surface area (Å²) < 4.78 is 5.90. The van der Waals surface area contributed by atoms with Crippen molar-refractivity contribution in [2.45, 2.75) is 85.2 Å². The molecule has 0 N–H and O–H groups in total. The second-order valence-corrected chi connectivity index (χ2v) is 15.7. The zero-order chi connectivity index (χ0) is 13.2. The lowest BCUT2D eigenvalue weighted by atomic mass is 10.2. The molecule has 3 heteroatoms. The number of rotatable bonds is 6. The monoisotopic (exact) mass is 262 g/mol. The van der Waals surface area contributed by atoms with Crippen LogP contribution in [0.2, 0.25) is 39.3 Å². The lowest BCUT2D eigenvalue weighted by Gasteiger charge is -2.27. The maximum absolute atomic E-state index is 5.90. The summed E-state index contributed by atoms with van der Waals surface area (Å²) in [6.45, 7) is 17.9. The summed E-state index contributed by atoms with van der Waals surface area (Å²) in [6, 6.07) is 0. The first-order valence-electron chi connectivity index (χ1n) is 6.82. The van der Waals surface area contributed by atoms with Gasteiger partial charge in [-0.1, -0.05) is 46.0 Å². The smallest absolute Gasteiger partial charge is 0.170 e. The van der Waals surface area contributed by atoms with E-state index in [2.05, 4.69) is 53.1 Å². The van der Waals surface area contributed by atoms with Crippen molar-refractivity contribution in [1.82, 2.24) is 0 Å². The van der Waals surface area contributed by atoms with E-state index >= 15 is 0 Å². The Kier molecular flexibility index (Phi) is 11.0. The maximum Gasteiger partial charge on any atom is 0.170 e. The summed E-state index contributed by atoms with van der Waals surface area (Å²) in [5, 5.41) is 0. The van der Waals surface area contributed by atoms with E-state index in [9.17, 15) is 0 Å². The van der Waals surface area contributed by atoms with Crippen LogP contribution in [0.25, 0.3) is 0 Å². The lowest BCUT2D eigenvalue weighted by Crippen LogP contribution is -2.39. The number of hydrogen-bond donors (Lipinski definition) is 0. The highest BCUT2D eigenvalue weighted by Crippen LogP contribution is 2.12. The van der Waals surface area contributed by atoms with Crippen LogP contribution in [0, 0.1) is 0 Å². The highest BCUT2D eigenvalue weighted by molar-refractivity contribution is 6.83. The highest BCUT2D eigenvalue weighted by atomic mass is 28.4. The minimum absolute atomic E-state index is 1.23. The third kappa shape index (κ3) is 23.9. The van der Waals surface area contributed by atoms with Gasteiger partial charge in [0, 0.05) is 0 Å². The summed E-state index contributed by atoms with van der Waals surface area (Å²) >= 11 is 0. The van der Waals surface area contributed by atoms with Gasteiger partial charge in [-0.05, 0) is 39.3 Å². The Morgan fingerprint density at radius 1 is 0.625 bits per heavy atom. The van der Waals surface area contributed by atoms with Crippen LogP contribution in [0.3, 0.4) is 0 Å². The molecule has 0 aromatic rings. The number of unbranched alkanes of at least 4 members (excludes halogenated alkanes) is 4. The van der Waals surface area contributed by atoms with E-state index in [1.807, 2.05) is 0 Å². The van der Waals surface area contributed by atoms with Crippen molar-refractivity contribution in [2.24, 2.45) is 0 Å². The highest BCUT2D eigenvalue weighted by Gasteiger charge is 2.24. The second kappa shape index (κ2) is 9.43. The van der Waals surface area contributed by atoms with Gasteiger partial charge >= 0.3 is 0 Å². The van der Waals surface area contributed by atoms with Gasteiger partial charge in [0.2, 0.25) is 0 Å². The Morgan fingerprint density at radius 2 is 0.938 bits per heavy atom. The molecule has 16 heavy (non-hydrogen) atoms. The molecular formula is C13H34OSi2. The van der Waals surface area contributed by atoms with Crippen LogP contribution in [-0.2, 0) is 4.12 Å². The molecule has 1 nitrogen and oxygen atoms in total. The van der Waals surface area contributed by atoms with Crippen LogP contribution in [0.5, 0.6) is 0 Å². The summed E-state index contributed by atoms with van der Waals surface area (Å²) in [4.78, 5) is 0. The molecule has 0 aromatic carbocycles. The molecule has 0 fully saturated rings. The van der Waals surface area contributed by atoms with Crippen LogP contribution >= 0.6 is 0 Å². The van der Waals surface area contributed by atoms with Gasteiger partial charge in [0.1, 0.15) is 0 Å². The fourth-order valence-corrected chi connectivity index (χ4v) is 8.94. The zero-order valence-corrected chi connectivity index (χ0v) is 14.9. The van der Waals surface area contributed by atoms with Crippen molar-refractivity contribution in [1.29, 1.82) is 0 Å². The molecule has 0 spiro atoms. The summed E-state index contributed by atoms with van der Waals surface area (Å²) in [7, 11) is -2.46. The van der Waals surface area contributed by atoms with E-state index in [0.717, 1.165) is 0 Å². The topological polar surface area (TPSA) is 9.23 Å². The minimum Gasteiger partial charge on any atom is -0.456 e. The second-order valence-electron chi connectivity index (χ2n) is 6.39. The summed E-state index contributed by atoms with van der Waals surface area (Å²) in [6.07, 6.45) is 7.01. The molecule has 0 saturated heterocycles. The fraction of sp³-hybridized carbons (Fsp3) is 1.00. The first-order chi connectivity index (χ1) is 7.12. The van der Waals surface area contributed by atoms with Crippen LogP contribution < -0.4 is 0 Å². The molecule has 0 aliphatic heterocycles. The van der Waals surface area contributed by atoms with E-state index in [-0.39, 0.29) is 0 Å². The maximum atomic E-state index is 5.90. The fourth-order valence-electron chi connectivity index (χ4n) is 1.60. The van der Waals surface area contributed by atoms with Crippen LogP contribution in [0.1, 0.15) is 46.0 Å². The van der Waals surface area contributed by atoms with Gasteiger partial charge in [0.25, 0.3) is 0 Å². The molecule has 0 unspecified atom stereocenters. The van der Waals surface area contributed by atoms with Crippen molar-refractivity contribution >= 4 is 16.6 Å². The van der Waals surface area contributed by atoms with E-state index in [1.165, 1.54) is 32.1 Å². The normalized spacial score (nSPS) is 12.0. The Balaban J connectivity index is 0. The van der Waals surface area contributed by atoms with E-state index in [0.29, 0.717) is 0 Å². The molecule has 0 aliphatic rings. The van der Waals surface area contributed by atoms with Crippen molar-refractivity contribution < 1.29 is 4.12 Å². The third-order valence-electron chi connectivity index (χ3n) is 1.82. The average molecular weight is 263 g/mol. The van der Waals surface area contributed by atoms with Gasteiger partial charge < -0.3 is 4.12 Å². The predicted octanol–water partition coefficient (Wildman–Crippen LogP) is 5.65. The van der Waals surface area contributed by atoms with Crippen molar-refractivity contribution in [3.63, 3.8) is 0 Å². The van der Waals surface area contributed by atoms with Crippen molar-refractivity contribution in [3.8, 4) is 0 Å². The standard InChI is InChI=1S/C7H16.C6H18OSi2/c1-3-5-7-6-4-2;1-8(2,3)7-9(4,5)6/h3-7H2,1-2H3;1-6H3. The molecule has 0 heterocycles. The van der Waals surface area contributed by atoms with Gasteiger partial charge in [-0.2, -0.15) is 0 Å². The quantitative estimate of drug-likeness (QED) is 0.444. The van der Waals surface area contributed by atoms with Gasteiger partial charge in [0.15, 0.2) is 16.6 Å². The molecule has 0 rings (SSSR count). The zero-order valence-electron chi connectivity index (χ0n) is 12.9. The van der Waals surface area contributed by atoms with Crippen LogP contribution in [0.4, 0.5) is 0 Å². The molecule has 0 aliphatic carbocycles. The number of hydrogen-bond acceptors (Lipinski definition) is 1. The summed E-state index contributed by atoms with van der Waals surface area (Å²) in [5.74, 6) is 0. The Bertz CT molecular complexity index is 129. The third-order valence-corrected chi connectivity index (χ3v) is 6.72. The average Bonchev–Trinajstić information content (AvgIpc) is 1.99. The molecule has 0 saturated carbocycles. The molecule has 0 bridgehead atoms. The summed E-state index contributed by atoms with van der Waals surface area (Å²) in [5.41, 5.74) is 0. The largest absolute Gasteiger partial charge is 0.456 e. The Labute approximate surface area is 106 Å². The van der Waals surface area contributed by atoms with Gasteiger partial charge in [-0.15, -0.1) is 0 Å². The first kappa shape index (κ1) is 18.8. The van der Waals surface area contributed by atoms with Gasteiger partial charge in [-0.3, -0.25) is 0 Å². The Hall–Kier alpha value is 0.394. The first-order valence-corrected chi connectivity index (χ1v) is 13.6.